The second-order valence-corrected chi connectivity index (χ2v) is 8.10. The number of amides is 3. The molecule has 1 N–H and O–H groups in total. The van der Waals surface area contributed by atoms with Gasteiger partial charge in [0.2, 0.25) is 0 Å². The second-order valence-electron chi connectivity index (χ2n) is 8.10. The van der Waals surface area contributed by atoms with Crippen LogP contribution in [0.2, 0.25) is 0 Å². The fourth-order valence-corrected chi connectivity index (χ4v) is 3.31. The van der Waals surface area contributed by atoms with Crippen molar-refractivity contribution < 1.29 is 23.9 Å². The number of hydrogen-bond acceptors (Lipinski definition) is 5. The molecule has 0 saturated heterocycles. The minimum absolute atomic E-state index is 0.109. The molecule has 3 amide bonds. The lowest BCUT2D eigenvalue weighted by Crippen LogP contribution is -2.30. The van der Waals surface area contributed by atoms with Gasteiger partial charge in [-0.3, -0.25) is 14.4 Å². The van der Waals surface area contributed by atoms with E-state index in [-0.39, 0.29) is 22.6 Å². The van der Waals surface area contributed by atoms with Gasteiger partial charge in [0.1, 0.15) is 0 Å². The average Bonchev–Trinajstić information content (AvgIpc) is 2.97. The number of nitrogens with zero attached hydrogens (tertiary/aromatic N) is 1. The molecule has 7 nitrogen and oxygen atoms in total. The number of nitrogens with one attached hydrogen (secondary N) is 1. The lowest BCUT2D eigenvalue weighted by atomic mass is 10.1. The van der Waals surface area contributed by atoms with Gasteiger partial charge in [0.15, 0.2) is 6.61 Å². The molecule has 1 heterocycles. The molecule has 31 heavy (non-hydrogen) atoms. The lowest BCUT2D eigenvalue weighted by Gasteiger charge is -2.17. The van der Waals surface area contributed by atoms with Crippen molar-refractivity contribution in [3.63, 3.8) is 0 Å². The molecule has 2 aromatic carbocycles. The van der Waals surface area contributed by atoms with Crippen LogP contribution in [0, 0.1) is 19.8 Å². The lowest BCUT2D eigenvalue weighted by molar-refractivity contribution is -0.124. The van der Waals surface area contributed by atoms with Gasteiger partial charge in [0, 0.05) is 6.54 Å². The van der Waals surface area contributed by atoms with Gasteiger partial charge < -0.3 is 10.1 Å². The quantitative estimate of drug-likeness (QED) is 0.545. The topological polar surface area (TPSA) is 92.8 Å². The van der Waals surface area contributed by atoms with Crippen molar-refractivity contribution in [1.82, 2.24) is 5.32 Å². The van der Waals surface area contributed by atoms with Crippen LogP contribution < -0.4 is 10.2 Å². The van der Waals surface area contributed by atoms with Crippen LogP contribution >= 0.6 is 0 Å². The molecule has 1 aliphatic heterocycles. The maximum absolute atomic E-state index is 13.0. The second kappa shape index (κ2) is 9.12. The minimum Gasteiger partial charge on any atom is -0.452 e. The zero-order valence-corrected chi connectivity index (χ0v) is 18.2. The van der Waals surface area contributed by atoms with E-state index in [1.165, 1.54) is 18.2 Å². The number of carbonyl (C=O) groups is 4. The first-order chi connectivity index (χ1) is 14.7. The van der Waals surface area contributed by atoms with Gasteiger partial charge in [-0.05, 0) is 61.6 Å². The summed E-state index contributed by atoms with van der Waals surface area (Å²) in [5.74, 6) is -1.58. The Kier molecular flexibility index (Phi) is 6.53. The summed E-state index contributed by atoms with van der Waals surface area (Å²) >= 11 is 0. The Morgan fingerprint density at radius 2 is 1.71 bits per heavy atom. The number of benzene rings is 2. The number of rotatable bonds is 7. The minimum atomic E-state index is -0.729. The molecule has 0 saturated carbocycles. The van der Waals surface area contributed by atoms with E-state index in [1.807, 2.05) is 39.8 Å². The Labute approximate surface area is 181 Å². The molecule has 0 unspecified atom stereocenters. The van der Waals surface area contributed by atoms with Crippen molar-refractivity contribution in [3.8, 4) is 0 Å². The Balaban J connectivity index is 1.72. The SMILES string of the molecule is Cc1ccc(C)c(N2C(=O)c3ccc(C(=O)OCC(=O)NCCC(C)C)cc3C2=O)c1. The highest BCUT2D eigenvalue weighted by atomic mass is 16.5. The van der Waals surface area contributed by atoms with Gasteiger partial charge in [-0.15, -0.1) is 0 Å². The number of carbonyl (C=O) groups excluding carboxylic acids is 4. The van der Waals surface area contributed by atoms with Crippen LogP contribution in [0.5, 0.6) is 0 Å². The Hall–Kier alpha value is -3.48. The number of aryl methyl sites for hydroxylation is 2. The molecule has 0 fully saturated rings. The maximum Gasteiger partial charge on any atom is 0.338 e. The first kappa shape index (κ1) is 22.2. The van der Waals surface area contributed by atoms with Crippen LogP contribution in [0.1, 0.15) is 62.5 Å². The van der Waals surface area contributed by atoms with Crippen molar-refractivity contribution in [2.45, 2.75) is 34.1 Å². The highest BCUT2D eigenvalue weighted by molar-refractivity contribution is 6.35. The Bertz CT molecular complexity index is 1060. The molecule has 1 aliphatic rings. The summed E-state index contributed by atoms with van der Waals surface area (Å²) in [5.41, 5.74) is 2.72. The third kappa shape index (κ3) is 4.82. The van der Waals surface area contributed by atoms with E-state index < -0.39 is 24.4 Å². The van der Waals surface area contributed by atoms with E-state index in [2.05, 4.69) is 5.32 Å². The fourth-order valence-electron chi connectivity index (χ4n) is 3.31. The number of hydrogen-bond donors (Lipinski definition) is 1. The average molecular weight is 422 g/mol. The van der Waals surface area contributed by atoms with Gasteiger partial charge in [-0.2, -0.15) is 0 Å². The highest BCUT2D eigenvalue weighted by Gasteiger charge is 2.38. The summed E-state index contributed by atoms with van der Waals surface area (Å²) in [6, 6.07) is 9.76. The van der Waals surface area contributed by atoms with Gasteiger partial charge >= 0.3 is 5.97 Å². The predicted molar refractivity (Wildman–Crippen MR) is 116 cm³/mol. The van der Waals surface area contributed by atoms with Gasteiger partial charge in [0.25, 0.3) is 17.7 Å². The fraction of sp³-hybridized carbons (Fsp3) is 0.333. The third-order valence-corrected chi connectivity index (χ3v) is 5.11. The summed E-state index contributed by atoms with van der Waals surface area (Å²) < 4.78 is 5.05. The number of imide groups is 1. The molecule has 0 bridgehead atoms. The molecule has 0 radical (unpaired) electrons. The smallest absolute Gasteiger partial charge is 0.338 e. The third-order valence-electron chi connectivity index (χ3n) is 5.11. The van der Waals surface area contributed by atoms with Crippen molar-refractivity contribution in [3.05, 3.63) is 64.2 Å². The van der Waals surface area contributed by atoms with Crippen LogP contribution in [-0.2, 0) is 9.53 Å². The van der Waals surface area contributed by atoms with Crippen LogP contribution in [-0.4, -0.2) is 36.8 Å². The molecule has 0 spiro atoms. The first-order valence-electron chi connectivity index (χ1n) is 10.2. The molecular formula is C24H26N2O5. The van der Waals surface area contributed by atoms with E-state index in [0.29, 0.717) is 18.2 Å². The molecule has 0 atom stereocenters. The van der Waals surface area contributed by atoms with Crippen LogP contribution in [0.25, 0.3) is 0 Å². The molecule has 162 valence electrons. The molecule has 2 aromatic rings. The Morgan fingerprint density at radius 1 is 1.00 bits per heavy atom. The maximum atomic E-state index is 13.0. The molecule has 3 rings (SSSR count). The summed E-state index contributed by atoms with van der Waals surface area (Å²) in [6.45, 7) is 7.91. The summed E-state index contributed by atoms with van der Waals surface area (Å²) in [6.07, 6.45) is 0.831. The van der Waals surface area contributed by atoms with E-state index in [0.717, 1.165) is 22.4 Å². The van der Waals surface area contributed by atoms with Gasteiger partial charge in [0.05, 0.1) is 22.4 Å². The molecular weight excluding hydrogens is 396 g/mol. The molecule has 7 heteroatoms. The first-order valence-corrected chi connectivity index (χ1v) is 10.2. The van der Waals surface area contributed by atoms with Crippen LogP contribution in [0.3, 0.4) is 0 Å². The normalized spacial score (nSPS) is 12.9. The standard InChI is InChI=1S/C24H26N2O5/c1-14(2)9-10-25-21(27)13-31-24(30)17-7-8-18-19(12-17)23(29)26(22(18)28)20-11-15(3)5-6-16(20)4/h5-8,11-12,14H,9-10,13H2,1-4H3,(H,25,27). The van der Waals surface area contributed by atoms with E-state index >= 15 is 0 Å². The van der Waals surface area contributed by atoms with Gasteiger partial charge in [-0.1, -0.05) is 26.0 Å². The number of ether oxygens (including phenoxy) is 1. The highest BCUT2D eigenvalue weighted by Crippen LogP contribution is 2.31. The monoisotopic (exact) mass is 422 g/mol. The summed E-state index contributed by atoms with van der Waals surface area (Å²) in [7, 11) is 0. The van der Waals surface area contributed by atoms with Crippen LogP contribution in [0.15, 0.2) is 36.4 Å². The summed E-state index contributed by atoms with van der Waals surface area (Å²) in [5, 5.41) is 2.69. The number of esters is 1. The van der Waals surface area contributed by atoms with Crippen molar-refractivity contribution in [2.24, 2.45) is 5.92 Å². The molecule has 0 aliphatic carbocycles. The summed E-state index contributed by atoms with van der Waals surface area (Å²) in [4.78, 5) is 51.1. The Morgan fingerprint density at radius 3 is 2.42 bits per heavy atom. The van der Waals surface area contributed by atoms with Gasteiger partial charge in [-0.25, -0.2) is 9.69 Å². The largest absolute Gasteiger partial charge is 0.452 e. The zero-order valence-electron chi connectivity index (χ0n) is 18.2. The zero-order chi connectivity index (χ0) is 22.7. The number of fused-ring (bicyclic) bond motifs is 1. The van der Waals surface area contributed by atoms with E-state index in [9.17, 15) is 19.2 Å². The number of anilines is 1. The van der Waals surface area contributed by atoms with Crippen molar-refractivity contribution in [2.75, 3.05) is 18.1 Å². The van der Waals surface area contributed by atoms with Crippen molar-refractivity contribution in [1.29, 1.82) is 0 Å². The van der Waals surface area contributed by atoms with E-state index in [1.54, 1.807) is 6.07 Å². The predicted octanol–water partition coefficient (Wildman–Crippen LogP) is 3.42. The van der Waals surface area contributed by atoms with Crippen molar-refractivity contribution >= 4 is 29.4 Å². The van der Waals surface area contributed by atoms with Crippen LogP contribution in [0.4, 0.5) is 5.69 Å². The molecule has 0 aromatic heterocycles. The van der Waals surface area contributed by atoms with E-state index in [4.69, 9.17) is 4.74 Å².